The number of hydrogen-bond donors (Lipinski definition) is 2. The van der Waals surface area contributed by atoms with Gasteiger partial charge in [-0.2, -0.15) is 0 Å². The summed E-state index contributed by atoms with van der Waals surface area (Å²) in [5.41, 5.74) is 4.67. The first-order valence-corrected chi connectivity index (χ1v) is 4.61. The summed E-state index contributed by atoms with van der Waals surface area (Å²) in [4.78, 5) is 11.1. The van der Waals surface area contributed by atoms with Crippen molar-refractivity contribution >= 4 is 6.09 Å². The van der Waals surface area contributed by atoms with Gasteiger partial charge in [-0.15, -0.1) is 12.3 Å². The van der Waals surface area contributed by atoms with E-state index in [2.05, 4.69) is 16.8 Å². The summed E-state index contributed by atoms with van der Waals surface area (Å²) >= 11 is 0. The number of hydrazine groups is 1. The summed E-state index contributed by atoms with van der Waals surface area (Å²) in [5, 5.41) is 0. The predicted molar refractivity (Wildman–Crippen MR) is 55.4 cm³/mol. The van der Waals surface area contributed by atoms with Crippen LogP contribution in [0, 0.1) is 12.3 Å². The number of rotatable bonds is 4. The van der Waals surface area contributed by atoms with E-state index in [1.807, 2.05) is 20.8 Å². The number of carbonyl (C=O) groups is 1. The lowest BCUT2D eigenvalue weighted by Crippen LogP contribution is -2.41. The number of carbonyl (C=O) groups excluding carboxylic acids is 1. The van der Waals surface area contributed by atoms with E-state index in [0.717, 1.165) is 6.42 Å². The van der Waals surface area contributed by atoms with E-state index in [-0.39, 0.29) is 0 Å². The third-order valence-electron chi connectivity index (χ3n) is 1.21. The van der Waals surface area contributed by atoms with Crippen molar-refractivity contribution in [2.75, 3.05) is 6.54 Å². The second-order valence-electron chi connectivity index (χ2n) is 3.86. The fourth-order valence-corrected chi connectivity index (χ4v) is 0.717. The molecule has 2 N–H and O–H groups in total. The Kier molecular flexibility index (Phi) is 5.73. The van der Waals surface area contributed by atoms with Crippen LogP contribution in [0.4, 0.5) is 4.79 Å². The van der Waals surface area contributed by atoms with E-state index < -0.39 is 11.7 Å². The molecule has 0 aromatic rings. The summed E-state index contributed by atoms with van der Waals surface area (Å²) in [5.74, 6) is 2.51. The van der Waals surface area contributed by atoms with Crippen molar-refractivity contribution in [3.63, 3.8) is 0 Å². The number of terminal acetylenes is 1. The van der Waals surface area contributed by atoms with Gasteiger partial charge in [0, 0.05) is 13.0 Å². The molecule has 0 saturated carbocycles. The van der Waals surface area contributed by atoms with Crippen LogP contribution in [0.1, 0.15) is 33.6 Å². The molecule has 0 atom stereocenters. The van der Waals surface area contributed by atoms with Crippen LogP contribution in [-0.2, 0) is 4.74 Å². The van der Waals surface area contributed by atoms with E-state index in [9.17, 15) is 4.79 Å². The van der Waals surface area contributed by atoms with Gasteiger partial charge >= 0.3 is 6.09 Å². The average molecular weight is 198 g/mol. The highest BCUT2D eigenvalue weighted by Gasteiger charge is 2.15. The zero-order valence-electron chi connectivity index (χ0n) is 9.02. The van der Waals surface area contributed by atoms with Crippen LogP contribution in [0.25, 0.3) is 0 Å². The van der Waals surface area contributed by atoms with Gasteiger partial charge in [-0.1, -0.05) is 0 Å². The quantitative estimate of drug-likeness (QED) is 0.408. The van der Waals surface area contributed by atoms with Gasteiger partial charge in [0.15, 0.2) is 0 Å². The first-order valence-electron chi connectivity index (χ1n) is 4.61. The molecule has 4 nitrogen and oxygen atoms in total. The van der Waals surface area contributed by atoms with Crippen LogP contribution in [0.3, 0.4) is 0 Å². The molecule has 0 bridgehead atoms. The van der Waals surface area contributed by atoms with Gasteiger partial charge in [0.25, 0.3) is 0 Å². The molecule has 0 heterocycles. The summed E-state index contributed by atoms with van der Waals surface area (Å²) in [6.45, 7) is 6.07. The molecular formula is C10H18N2O2. The van der Waals surface area contributed by atoms with Crippen LogP contribution >= 0.6 is 0 Å². The van der Waals surface area contributed by atoms with Crippen molar-refractivity contribution in [2.24, 2.45) is 0 Å². The fraction of sp³-hybridized carbons (Fsp3) is 0.700. The molecule has 0 spiro atoms. The topological polar surface area (TPSA) is 50.4 Å². The molecule has 0 fully saturated rings. The summed E-state index contributed by atoms with van der Waals surface area (Å²) in [6, 6.07) is 0. The Morgan fingerprint density at radius 1 is 1.50 bits per heavy atom. The van der Waals surface area contributed by atoms with Gasteiger partial charge in [0.2, 0.25) is 0 Å². The number of nitrogens with one attached hydrogen (secondary N) is 2. The monoisotopic (exact) mass is 198 g/mol. The van der Waals surface area contributed by atoms with Gasteiger partial charge < -0.3 is 4.74 Å². The van der Waals surface area contributed by atoms with Crippen molar-refractivity contribution in [1.29, 1.82) is 0 Å². The number of hydrogen-bond acceptors (Lipinski definition) is 3. The SMILES string of the molecule is C#CCCCNNC(=O)OC(C)(C)C. The molecule has 0 aliphatic heterocycles. The summed E-state index contributed by atoms with van der Waals surface area (Å²) < 4.78 is 4.99. The van der Waals surface area contributed by atoms with Crippen LogP contribution in [0.5, 0.6) is 0 Å². The van der Waals surface area contributed by atoms with Gasteiger partial charge in [-0.05, 0) is 27.2 Å². The molecule has 0 rings (SSSR count). The molecule has 0 radical (unpaired) electrons. The Labute approximate surface area is 85.4 Å². The Balaban J connectivity index is 3.42. The molecule has 80 valence electrons. The van der Waals surface area contributed by atoms with E-state index in [1.165, 1.54) is 0 Å². The summed E-state index contributed by atoms with van der Waals surface area (Å²) in [6.07, 6.45) is 6.11. The third-order valence-corrected chi connectivity index (χ3v) is 1.21. The Morgan fingerprint density at radius 2 is 2.14 bits per heavy atom. The molecule has 14 heavy (non-hydrogen) atoms. The van der Waals surface area contributed by atoms with Crippen molar-refractivity contribution in [1.82, 2.24) is 10.9 Å². The van der Waals surface area contributed by atoms with Crippen LogP contribution in [-0.4, -0.2) is 18.2 Å². The summed E-state index contributed by atoms with van der Waals surface area (Å²) in [7, 11) is 0. The first-order chi connectivity index (χ1) is 6.45. The second-order valence-corrected chi connectivity index (χ2v) is 3.86. The molecule has 4 heteroatoms. The van der Waals surface area contributed by atoms with Crippen molar-refractivity contribution in [3.8, 4) is 12.3 Å². The highest BCUT2D eigenvalue weighted by molar-refractivity contribution is 5.66. The highest BCUT2D eigenvalue weighted by atomic mass is 16.6. The zero-order chi connectivity index (χ0) is 11.0. The maximum absolute atomic E-state index is 11.1. The molecule has 0 saturated heterocycles. The van der Waals surface area contributed by atoms with Crippen LogP contribution in [0.2, 0.25) is 0 Å². The lowest BCUT2D eigenvalue weighted by Gasteiger charge is -2.19. The maximum Gasteiger partial charge on any atom is 0.422 e. The molecule has 0 unspecified atom stereocenters. The van der Waals surface area contributed by atoms with Gasteiger partial charge in [-0.3, -0.25) is 5.43 Å². The lowest BCUT2D eigenvalue weighted by atomic mass is 10.2. The Hall–Kier alpha value is -1.21. The van der Waals surface area contributed by atoms with E-state index in [1.54, 1.807) is 0 Å². The van der Waals surface area contributed by atoms with Gasteiger partial charge in [0.1, 0.15) is 5.60 Å². The maximum atomic E-state index is 11.1. The number of ether oxygens (including phenoxy) is 1. The van der Waals surface area contributed by atoms with Crippen molar-refractivity contribution < 1.29 is 9.53 Å². The largest absolute Gasteiger partial charge is 0.443 e. The lowest BCUT2D eigenvalue weighted by molar-refractivity contribution is 0.0498. The smallest absolute Gasteiger partial charge is 0.422 e. The molecule has 0 aromatic carbocycles. The Bertz CT molecular complexity index is 213. The van der Waals surface area contributed by atoms with Crippen LogP contribution < -0.4 is 10.9 Å². The molecule has 0 aromatic heterocycles. The molecule has 1 amide bonds. The van der Waals surface area contributed by atoms with Gasteiger partial charge in [0.05, 0.1) is 0 Å². The van der Waals surface area contributed by atoms with Crippen molar-refractivity contribution in [2.45, 2.75) is 39.2 Å². The molecular weight excluding hydrogens is 180 g/mol. The van der Waals surface area contributed by atoms with E-state index >= 15 is 0 Å². The Morgan fingerprint density at radius 3 is 2.64 bits per heavy atom. The predicted octanol–water partition coefficient (Wildman–Crippen LogP) is 1.43. The minimum Gasteiger partial charge on any atom is -0.443 e. The zero-order valence-corrected chi connectivity index (χ0v) is 9.02. The normalized spacial score (nSPS) is 10.4. The first kappa shape index (κ1) is 12.8. The number of unbranched alkanes of at least 4 members (excludes halogenated alkanes) is 1. The number of amides is 1. The highest BCUT2D eigenvalue weighted by Crippen LogP contribution is 2.05. The molecule has 0 aliphatic rings. The van der Waals surface area contributed by atoms with E-state index in [4.69, 9.17) is 11.2 Å². The van der Waals surface area contributed by atoms with Crippen molar-refractivity contribution in [3.05, 3.63) is 0 Å². The minimum atomic E-state index is -0.474. The minimum absolute atomic E-state index is 0.468. The fourth-order valence-electron chi connectivity index (χ4n) is 0.717. The van der Waals surface area contributed by atoms with Crippen LogP contribution in [0.15, 0.2) is 0 Å². The second kappa shape index (κ2) is 6.28. The standard InChI is InChI=1S/C10H18N2O2/c1-5-6-7-8-11-12-9(13)14-10(2,3)4/h1,11H,6-8H2,2-4H3,(H,12,13). The molecule has 0 aliphatic carbocycles. The average Bonchev–Trinajstić information content (AvgIpc) is 2.00. The van der Waals surface area contributed by atoms with Gasteiger partial charge in [-0.25, -0.2) is 10.2 Å². The van der Waals surface area contributed by atoms with E-state index in [0.29, 0.717) is 13.0 Å². The third kappa shape index (κ3) is 8.88.